The van der Waals surface area contributed by atoms with Crippen LogP contribution in [0.3, 0.4) is 0 Å². The number of carboxylic acids is 1. The lowest BCUT2D eigenvalue weighted by Gasteiger charge is -2.14. The molecule has 0 saturated carbocycles. The zero-order chi connectivity index (χ0) is 16.4. The number of halogens is 1. The van der Waals surface area contributed by atoms with Crippen molar-refractivity contribution >= 4 is 39.8 Å². The summed E-state index contributed by atoms with van der Waals surface area (Å²) in [6.07, 6.45) is 1.32. The summed E-state index contributed by atoms with van der Waals surface area (Å²) in [7, 11) is 1.52. The third kappa shape index (κ3) is 2.91. The number of methoxy groups -OCH3 is 1. The molecule has 6 heteroatoms. The Labute approximate surface area is 137 Å². The highest BCUT2D eigenvalue weighted by atomic mass is 35.5. The number of para-hydroxylation sites is 1. The average Bonchev–Trinajstić information content (AvgIpc) is 2.55. The lowest BCUT2D eigenvalue weighted by atomic mass is 10.1. The van der Waals surface area contributed by atoms with E-state index in [1.807, 2.05) is 30.3 Å². The van der Waals surface area contributed by atoms with Crippen molar-refractivity contribution in [2.75, 3.05) is 12.4 Å². The van der Waals surface area contributed by atoms with Gasteiger partial charge in [0, 0.05) is 23.3 Å². The molecule has 0 bridgehead atoms. The molecule has 23 heavy (non-hydrogen) atoms. The number of carboxylic acid groups (broad SMARTS) is 1. The van der Waals surface area contributed by atoms with E-state index < -0.39 is 5.97 Å². The van der Waals surface area contributed by atoms with E-state index in [0.29, 0.717) is 27.4 Å². The Bertz CT molecular complexity index is 882. The van der Waals surface area contributed by atoms with Gasteiger partial charge in [0.1, 0.15) is 11.3 Å². The van der Waals surface area contributed by atoms with Crippen molar-refractivity contribution in [3.63, 3.8) is 0 Å². The van der Waals surface area contributed by atoms with Crippen LogP contribution in [-0.4, -0.2) is 23.2 Å². The minimum atomic E-state index is -1.07. The van der Waals surface area contributed by atoms with Crippen LogP contribution in [0.15, 0.2) is 48.7 Å². The fourth-order valence-corrected chi connectivity index (χ4v) is 2.55. The first-order valence-electron chi connectivity index (χ1n) is 6.81. The lowest BCUT2D eigenvalue weighted by molar-refractivity contribution is 0.0697. The maximum atomic E-state index is 11.5. The second-order valence-electron chi connectivity index (χ2n) is 4.85. The van der Waals surface area contributed by atoms with Gasteiger partial charge >= 0.3 is 5.97 Å². The summed E-state index contributed by atoms with van der Waals surface area (Å²) >= 11 is 6.18. The first kappa shape index (κ1) is 15.1. The van der Waals surface area contributed by atoms with E-state index in [-0.39, 0.29) is 5.56 Å². The lowest BCUT2D eigenvalue weighted by Crippen LogP contribution is -2.05. The van der Waals surface area contributed by atoms with Crippen LogP contribution >= 0.6 is 11.6 Å². The number of nitrogens with one attached hydrogen (secondary N) is 1. The monoisotopic (exact) mass is 328 g/mol. The van der Waals surface area contributed by atoms with E-state index in [2.05, 4.69) is 10.3 Å². The van der Waals surface area contributed by atoms with Gasteiger partial charge in [0.2, 0.25) is 0 Å². The molecule has 0 saturated heterocycles. The second kappa shape index (κ2) is 6.14. The molecular weight excluding hydrogens is 316 g/mol. The molecule has 0 spiro atoms. The third-order valence-electron chi connectivity index (χ3n) is 3.42. The van der Waals surface area contributed by atoms with Crippen molar-refractivity contribution in [2.45, 2.75) is 0 Å². The Balaban J connectivity index is 2.24. The summed E-state index contributed by atoms with van der Waals surface area (Å²) in [4.78, 5) is 15.7. The van der Waals surface area contributed by atoms with Gasteiger partial charge in [-0.3, -0.25) is 4.98 Å². The third-order valence-corrected chi connectivity index (χ3v) is 3.71. The molecule has 0 unspecified atom stereocenters. The molecule has 1 heterocycles. The fraction of sp³-hybridized carbons (Fsp3) is 0.0588. The van der Waals surface area contributed by atoms with Crippen LogP contribution in [0.25, 0.3) is 10.9 Å². The molecule has 0 fully saturated rings. The predicted molar refractivity (Wildman–Crippen MR) is 90.0 cm³/mol. The molecule has 2 N–H and O–H groups in total. The number of benzene rings is 2. The van der Waals surface area contributed by atoms with Crippen LogP contribution in [0.1, 0.15) is 10.4 Å². The summed E-state index contributed by atoms with van der Waals surface area (Å²) in [6.45, 7) is 0. The molecule has 0 aliphatic heterocycles. The number of hydrogen-bond acceptors (Lipinski definition) is 4. The number of aromatic carboxylic acids is 1. The van der Waals surface area contributed by atoms with Gasteiger partial charge in [-0.15, -0.1) is 0 Å². The average molecular weight is 329 g/mol. The summed E-state index contributed by atoms with van der Waals surface area (Å²) in [5.74, 6) is -0.579. The van der Waals surface area contributed by atoms with Crippen molar-refractivity contribution in [2.24, 2.45) is 0 Å². The van der Waals surface area contributed by atoms with Crippen LogP contribution < -0.4 is 10.1 Å². The Hall–Kier alpha value is -2.79. The minimum absolute atomic E-state index is 0.0718. The van der Waals surface area contributed by atoms with Gasteiger partial charge < -0.3 is 15.2 Å². The Morgan fingerprint density at radius 2 is 2.00 bits per heavy atom. The number of rotatable bonds is 4. The molecule has 0 aliphatic rings. The standard InChI is InChI=1S/C17H13ClN2O3/c1-23-15-8-14-11(7-13(15)18)16(12(9-19-14)17(21)22)20-10-5-3-2-4-6-10/h2-9H,1H3,(H,19,20)(H,21,22). The number of hydrogen-bond donors (Lipinski definition) is 2. The van der Waals surface area contributed by atoms with Crippen LogP contribution in [-0.2, 0) is 0 Å². The summed E-state index contributed by atoms with van der Waals surface area (Å²) < 4.78 is 5.18. The van der Waals surface area contributed by atoms with Crippen molar-refractivity contribution in [1.29, 1.82) is 0 Å². The van der Waals surface area contributed by atoms with Crippen molar-refractivity contribution in [3.05, 3.63) is 59.2 Å². The Morgan fingerprint density at radius 3 is 2.65 bits per heavy atom. The SMILES string of the molecule is COc1cc2ncc(C(=O)O)c(Nc3ccccc3)c2cc1Cl. The fourth-order valence-electron chi connectivity index (χ4n) is 2.31. The maximum Gasteiger partial charge on any atom is 0.339 e. The molecule has 0 radical (unpaired) electrons. The number of fused-ring (bicyclic) bond motifs is 1. The molecule has 2 aromatic carbocycles. The number of ether oxygens (including phenoxy) is 1. The summed E-state index contributed by atoms with van der Waals surface area (Å²) in [5.41, 5.74) is 1.88. The highest BCUT2D eigenvalue weighted by Gasteiger charge is 2.16. The zero-order valence-corrected chi connectivity index (χ0v) is 13.0. The molecule has 1 aromatic heterocycles. The molecule has 5 nitrogen and oxygen atoms in total. The van der Waals surface area contributed by atoms with Gasteiger partial charge in [-0.25, -0.2) is 4.79 Å². The number of aromatic nitrogens is 1. The molecule has 0 amide bonds. The van der Waals surface area contributed by atoms with Crippen LogP contribution in [0.4, 0.5) is 11.4 Å². The van der Waals surface area contributed by atoms with Gasteiger partial charge in [0.25, 0.3) is 0 Å². The first-order chi connectivity index (χ1) is 11.1. The molecule has 3 aromatic rings. The first-order valence-corrected chi connectivity index (χ1v) is 7.19. The second-order valence-corrected chi connectivity index (χ2v) is 5.25. The molecule has 116 valence electrons. The van der Waals surface area contributed by atoms with Gasteiger partial charge in [-0.1, -0.05) is 29.8 Å². The predicted octanol–water partition coefficient (Wildman–Crippen LogP) is 4.34. The smallest absolute Gasteiger partial charge is 0.339 e. The molecule has 3 rings (SSSR count). The maximum absolute atomic E-state index is 11.5. The van der Waals surface area contributed by atoms with Crippen molar-refractivity contribution in [1.82, 2.24) is 4.98 Å². The Morgan fingerprint density at radius 1 is 1.26 bits per heavy atom. The van der Waals surface area contributed by atoms with Crippen molar-refractivity contribution in [3.8, 4) is 5.75 Å². The number of carbonyl (C=O) groups is 1. The normalized spacial score (nSPS) is 10.5. The van der Waals surface area contributed by atoms with E-state index in [1.54, 1.807) is 12.1 Å². The number of nitrogens with zero attached hydrogens (tertiary/aromatic N) is 1. The molecular formula is C17H13ClN2O3. The van der Waals surface area contributed by atoms with Gasteiger partial charge in [0.15, 0.2) is 0 Å². The quantitative estimate of drug-likeness (QED) is 0.745. The van der Waals surface area contributed by atoms with Gasteiger partial charge in [0.05, 0.1) is 23.3 Å². The van der Waals surface area contributed by atoms with E-state index in [9.17, 15) is 9.90 Å². The summed E-state index contributed by atoms with van der Waals surface area (Å²) in [5, 5.41) is 13.6. The highest BCUT2D eigenvalue weighted by Crippen LogP contribution is 2.35. The van der Waals surface area contributed by atoms with E-state index >= 15 is 0 Å². The van der Waals surface area contributed by atoms with E-state index in [0.717, 1.165) is 5.69 Å². The van der Waals surface area contributed by atoms with Crippen LogP contribution in [0.2, 0.25) is 5.02 Å². The van der Waals surface area contributed by atoms with Crippen LogP contribution in [0.5, 0.6) is 5.75 Å². The van der Waals surface area contributed by atoms with Gasteiger partial charge in [-0.2, -0.15) is 0 Å². The summed E-state index contributed by atoms with van der Waals surface area (Å²) in [6, 6.07) is 12.6. The molecule has 0 atom stereocenters. The van der Waals surface area contributed by atoms with Crippen molar-refractivity contribution < 1.29 is 14.6 Å². The minimum Gasteiger partial charge on any atom is -0.495 e. The number of anilines is 2. The van der Waals surface area contributed by atoms with Gasteiger partial charge in [-0.05, 0) is 18.2 Å². The molecule has 0 aliphatic carbocycles. The van der Waals surface area contributed by atoms with E-state index in [4.69, 9.17) is 16.3 Å². The Kier molecular flexibility index (Phi) is 4.04. The number of pyridine rings is 1. The van der Waals surface area contributed by atoms with E-state index in [1.165, 1.54) is 13.3 Å². The largest absolute Gasteiger partial charge is 0.495 e. The highest BCUT2D eigenvalue weighted by molar-refractivity contribution is 6.33. The van der Waals surface area contributed by atoms with Crippen LogP contribution in [0, 0.1) is 0 Å². The topological polar surface area (TPSA) is 71.5 Å². The zero-order valence-electron chi connectivity index (χ0n) is 12.2.